The van der Waals surface area contributed by atoms with Crippen LogP contribution in [0.2, 0.25) is 0 Å². The molecule has 2 atom stereocenters. The molecule has 4 nitrogen and oxygen atoms in total. The zero-order chi connectivity index (χ0) is 12.9. The van der Waals surface area contributed by atoms with E-state index in [9.17, 15) is 4.79 Å². The second kappa shape index (κ2) is 6.36. The molecule has 0 spiro atoms. The monoisotopic (exact) mass is 242 g/mol. The number of nitrogens with one attached hydrogen (secondary N) is 2. The first-order valence-corrected chi connectivity index (χ1v) is 6.64. The maximum atomic E-state index is 11.7. The molecule has 2 N–H and O–H groups in total. The molecule has 1 aliphatic carbocycles. The van der Waals surface area contributed by atoms with E-state index >= 15 is 0 Å². The molecular formula is C13H26N2O2. The van der Waals surface area contributed by atoms with E-state index in [1.807, 2.05) is 6.92 Å². The van der Waals surface area contributed by atoms with Crippen LogP contribution in [-0.4, -0.2) is 37.7 Å². The summed E-state index contributed by atoms with van der Waals surface area (Å²) >= 11 is 0. The molecule has 2 unspecified atom stereocenters. The first-order chi connectivity index (χ1) is 8.02. The SMILES string of the molecule is CCCNCC(=O)NC1CC(OCC)C1(C)C. The summed E-state index contributed by atoms with van der Waals surface area (Å²) in [4.78, 5) is 11.7. The zero-order valence-corrected chi connectivity index (χ0v) is 11.5. The molecule has 1 rings (SSSR count). The Morgan fingerprint density at radius 1 is 1.41 bits per heavy atom. The molecule has 1 amide bonds. The molecule has 0 aromatic carbocycles. The molecule has 1 fully saturated rings. The van der Waals surface area contributed by atoms with Crippen molar-refractivity contribution in [1.82, 2.24) is 10.6 Å². The number of ether oxygens (including phenoxy) is 1. The van der Waals surface area contributed by atoms with E-state index in [2.05, 4.69) is 31.4 Å². The molecule has 4 heteroatoms. The summed E-state index contributed by atoms with van der Waals surface area (Å²) in [5.41, 5.74) is 0.0520. The topological polar surface area (TPSA) is 50.4 Å². The van der Waals surface area contributed by atoms with Crippen LogP contribution in [0.1, 0.15) is 40.5 Å². The van der Waals surface area contributed by atoms with Crippen molar-refractivity contribution >= 4 is 5.91 Å². The molecule has 0 saturated heterocycles. The van der Waals surface area contributed by atoms with Crippen LogP contribution in [0.15, 0.2) is 0 Å². The molecule has 0 heterocycles. The van der Waals surface area contributed by atoms with Gasteiger partial charge in [0.2, 0.25) is 5.91 Å². The Balaban J connectivity index is 2.27. The van der Waals surface area contributed by atoms with Gasteiger partial charge in [-0.3, -0.25) is 4.79 Å². The highest BCUT2D eigenvalue weighted by atomic mass is 16.5. The summed E-state index contributed by atoms with van der Waals surface area (Å²) in [6, 6.07) is 0.245. The van der Waals surface area contributed by atoms with Crippen LogP contribution in [-0.2, 0) is 9.53 Å². The number of carbonyl (C=O) groups excluding carboxylic acids is 1. The third kappa shape index (κ3) is 3.68. The van der Waals surface area contributed by atoms with Gasteiger partial charge in [0.25, 0.3) is 0 Å². The van der Waals surface area contributed by atoms with Crippen molar-refractivity contribution < 1.29 is 9.53 Å². The van der Waals surface area contributed by atoms with Gasteiger partial charge in [0.1, 0.15) is 0 Å². The number of hydrogen-bond acceptors (Lipinski definition) is 3. The van der Waals surface area contributed by atoms with Crippen LogP contribution >= 0.6 is 0 Å². The third-order valence-corrected chi connectivity index (χ3v) is 3.59. The van der Waals surface area contributed by atoms with Crippen molar-refractivity contribution in [1.29, 1.82) is 0 Å². The fraction of sp³-hybridized carbons (Fsp3) is 0.923. The van der Waals surface area contributed by atoms with Gasteiger partial charge >= 0.3 is 0 Å². The first-order valence-electron chi connectivity index (χ1n) is 6.64. The van der Waals surface area contributed by atoms with Crippen LogP contribution in [0.25, 0.3) is 0 Å². The van der Waals surface area contributed by atoms with Gasteiger partial charge in [-0.1, -0.05) is 20.8 Å². The molecular weight excluding hydrogens is 216 g/mol. The van der Waals surface area contributed by atoms with Crippen molar-refractivity contribution in [2.45, 2.75) is 52.7 Å². The lowest BCUT2D eigenvalue weighted by molar-refractivity contribution is -0.136. The Bertz CT molecular complexity index is 254. The van der Waals surface area contributed by atoms with Gasteiger partial charge in [-0.15, -0.1) is 0 Å². The molecule has 0 aromatic heterocycles. The third-order valence-electron chi connectivity index (χ3n) is 3.59. The molecule has 0 aromatic rings. The molecule has 0 radical (unpaired) electrons. The predicted molar refractivity (Wildman–Crippen MR) is 68.9 cm³/mol. The lowest BCUT2D eigenvalue weighted by Gasteiger charge is -2.51. The standard InChI is InChI=1S/C13H26N2O2/c1-5-7-14-9-12(16)15-10-8-11(17-6-2)13(10,3)4/h10-11,14H,5-9H2,1-4H3,(H,15,16). The second-order valence-corrected chi connectivity index (χ2v) is 5.30. The van der Waals surface area contributed by atoms with Gasteiger partial charge in [-0.2, -0.15) is 0 Å². The summed E-state index contributed by atoms with van der Waals surface area (Å²) < 4.78 is 5.64. The minimum absolute atomic E-state index is 0.0520. The summed E-state index contributed by atoms with van der Waals surface area (Å²) in [6.45, 7) is 10.5. The van der Waals surface area contributed by atoms with Crippen LogP contribution < -0.4 is 10.6 Å². The Hall–Kier alpha value is -0.610. The predicted octanol–water partition coefficient (Wildman–Crippen LogP) is 1.31. The van der Waals surface area contributed by atoms with Crippen molar-refractivity contribution in [2.75, 3.05) is 19.7 Å². The normalized spacial score (nSPS) is 26.4. The number of rotatable bonds is 7. The highest BCUT2D eigenvalue weighted by Gasteiger charge is 2.49. The summed E-state index contributed by atoms with van der Waals surface area (Å²) in [5, 5.41) is 6.18. The van der Waals surface area contributed by atoms with Gasteiger partial charge in [-0.05, 0) is 26.3 Å². The molecule has 17 heavy (non-hydrogen) atoms. The van der Waals surface area contributed by atoms with Crippen LogP contribution in [0.5, 0.6) is 0 Å². The zero-order valence-electron chi connectivity index (χ0n) is 11.5. The van der Waals surface area contributed by atoms with E-state index < -0.39 is 0 Å². The van der Waals surface area contributed by atoms with Gasteiger partial charge in [0.05, 0.1) is 12.6 Å². The van der Waals surface area contributed by atoms with E-state index in [0.29, 0.717) is 6.54 Å². The number of hydrogen-bond donors (Lipinski definition) is 2. The lowest BCUT2D eigenvalue weighted by atomic mass is 9.64. The average Bonchev–Trinajstić information content (AvgIpc) is 2.28. The van der Waals surface area contributed by atoms with Gasteiger partial charge in [0.15, 0.2) is 0 Å². The van der Waals surface area contributed by atoms with E-state index in [1.54, 1.807) is 0 Å². The van der Waals surface area contributed by atoms with E-state index in [1.165, 1.54) is 0 Å². The van der Waals surface area contributed by atoms with E-state index in [0.717, 1.165) is 26.0 Å². The van der Waals surface area contributed by atoms with E-state index in [4.69, 9.17) is 4.74 Å². The maximum Gasteiger partial charge on any atom is 0.234 e. The highest BCUT2D eigenvalue weighted by molar-refractivity contribution is 5.78. The van der Waals surface area contributed by atoms with Crippen LogP contribution in [0.3, 0.4) is 0 Å². The quantitative estimate of drug-likeness (QED) is 0.662. The average molecular weight is 242 g/mol. The van der Waals surface area contributed by atoms with Gasteiger partial charge in [0, 0.05) is 18.1 Å². The lowest BCUT2D eigenvalue weighted by Crippen LogP contribution is -2.62. The fourth-order valence-corrected chi connectivity index (χ4v) is 2.24. The van der Waals surface area contributed by atoms with Crippen LogP contribution in [0.4, 0.5) is 0 Å². The van der Waals surface area contributed by atoms with Crippen molar-refractivity contribution in [3.8, 4) is 0 Å². The fourth-order valence-electron chi connectivity index (χ4n) is 2.24. The molecule has 1 aliphatic rings. The molecule has 100 valence electrons. The molecule has 0 aliphatic heterocycles. The van der Waals surface area contributed by atoms with Crippen molar-refractivity contribution in [3.63, 3.8) is 0 Å². The first kappa shape index (κ1) is 14.5. The minimum atomic E-state index is 0.0520. The summed E-state index contributed by atoms with van der Waals surface area (Å²) in [6.07, 6.45) is 2.26. The van der Waals surface area contributed by atoms with Crippen LogP contribution in [0, 0.1) is 5.41 Å². The van der Waals surface area contributed by atoms with Crippen molar-refractivity contribution in [3.05, 3.63) is 0 Å². The summed E-state index contributed by atoms with van der Waals surface area (Å²) in [7, 11) is 0. The smallest absolute Gasteiger partial charge is 0.234 e. The Morgan fingerprint density at radius 2 is 2.12 bits per heavy atom. The largest absolute Gasteiger partial charge is 0.378 e. The number of carbonyl (C=O) groups is 1. The van der Waals surface area contributed by atoms with E-state index in [-0.39, 0.29) is 23.5 Å². The Labute approximate surface area is 104 Å². The number of amides is 1. The molecule has 1 saturated carbocycles. The molecule has 0 bridgehead atoms. The maximum absolute atomic E-state index is 11.7. The highest BCUT2D eigenvalue weighted by Crippen LogP contribution is 2.42. The Kier molecular flexibility index (Phi) is 5.40. The Morgan fingerprint density at radius 3 is 2.65 bits per heavy atom. The summed E-state index contributed by atoms with van der Waals surface area (Å²) in [5.74, 6) is 0.0893. The minimum Gasteiger partial charge on any atom is -0.378 e. The second-order valence-electron chi connectivity index (χ2n) is 5.30. The van der Waals surface area contributed by atoms with Gasteiger partial charge < -0.3 is 15.4 Å². The van der Waals surface area contributed by atoms with Crippen molar-refractivity contribution in [2.24, 2.45) is 5.41 Å². The van der Waals surface area contributed by atoms with Gasteiger partial charge in [-0.25, -0.2) is 0 Å².